The van der Waals surface area contributed by atoms with Crippen molar-refractivity contribution >= 4 is 11.6 Å². The van der Waals surface area contributed by atoms with Gasteiger partial charge >= 0.3 is 0 Å². The van der Waals surface area contributed by atoms with E-state index in [1.807, 2.05) is 12.1 Å². The van der Waals surface area contributed by atoms with Crippen molar-refractivity contribution in [2.24, 2.45) is 11.1 Å². The van der Waals surface area contributed by atoms with Crippen molar-refractivity contribution in [1.82, 2.24) is 9.88 Å². The second-order valence-corrected chi connectivity index (χ2v) is 5.51. The SMILES string of the molecule is CCN(Cc1cccc(Cl)n1)CC(C)(C)CN. The van der Waals surface area contributed by atoms with Gasteiger partial charge in [-0.3, -0.25) is 4.90 Å². The van der Waals surface area contributed by atoms with Crippen LogP contribution in [0.25, 0.3) is 0 Å². The zero-order valence-corrected chi connectivity index (χ0v) is 11.7. The third kappa shape index (κ3) is 5.02. The molecule has 1 aromatic heterocycles. The molecule has 0 spiro atoms. The molecular formula is C13H22ClN3. The summed E-state index contributed by atoms with van der Waals surface area (Å²) >= 11 is 5.88. The second kappa shape index (κ2) is 6.34. The molecule has 0 aliphatic rings. The molecule has 0 unspecified atom stereocenters. The summed E-state index contributed by atoms with van der Waals surface area (Å²) in [6, 6.07) is 5.74. The number of pyridine rings is 1. The molecule has 0 radical (unpaired) electrons. The van der Waals surface area contributed by atoms with Crippen molar-refractivity contribution in [3.8, 4) is 0 Å². The molecule has 0 atom stereocenters. The fourth-order valence-electron chi connectivity index (χ4n) is 1.72. The van der Waals surface area contributed by atoms with Crippen molar-refractivity contribution in [2.75, 3.05) is 19.6 Å². The van der Waals surface area contributed by atoms with Gasteiger partial charge in [-0.15, -0.1) is 0 Å². The van der Waals surface area contributed by atoms with Crippen molar-refractivity contribution in [2.45, 2.75) is 27.3 Å². The predicted octanol–water partition coefficient (Wildman–Crippen LogP) is 2.54. The van der Waals surface area contributed by atoms with Crippen LogP contribution >= 0.6 is 11.6 Å². The van der Waals surface area contributed by atoms with E-state index in [2.05, 4.69) is 30.7 Å². The molecule has 1 aromatic rings. The first-order valence-corrected chi connectivity index (χ1v) is 6.38. The zero-order valence-electron chi connectivity index (χ0n) is 10.9. The van der Waals surface area contributed by atoms with Crippen LogP contribution in [0.1, 0.15) is 26.5 Å². The summed E-state index contributed by atoms with van der Waals surface area (Å²) < 4.78 is 0. The highest BCUT2D eigenvalue weighted by atomic mass is 35.5. The predicted molar refractivity (Wildman–Crippen MR) is 73.0 cm³/mol. The van der Waals surface area contributed by atoms with E-state index in [4.69, 9.17) is 17.3 Å². The molecule has 17 heavy (non-hydrogen) atoms. The molecule has 0 aliphatic heterocycles. The first-order chi connectivity index (χ1) is 7.96. The summed E-state index contributed by atoms with van der Waals surface area (Å²) in [5, 5.41) is 0.552. The summed E-state index contributed by atoms with van der Waals surface area (Å²) in [5.41, 5.74) is 6.90. The minimum absolute atomic E-state index is 0.134. The fourth-order valence-corrected chi connectivity index (χ4v) is 1.90. The molecule has 4 heteroatoms. The number of rotatable bonds is 6. The fraction of sp³-hybridized carbons (Fsp3) is 0.615. The van der Waals surface area contributed by atoms with Gasteiger partial charge in [0.15, 0.2) is 0 Å². The van der Waals surface area contributed by atoms with Gasteiger partial charge in [-0.1, -0.05) is 38.4 Å². The van der Waals surface area contributed by atoms with Crippen LogP contribution in [0.4, 0.5) is 0 Å². The van der Waals surface area contributed by atoms with Crippen LogP contribution in [0.3, 0.4) is 0 Å². The first kappa shape index (κ1) is 14.4. The summed E-state index contributed by atoms with van der Waals surface area (Å²) in [4.78, 5) is 6.65. The molecule has 1 rings (SSSR count). The van der Waals surface area contributed by atoms with Gasteiger partial charge in [0.2, 0.25) is 0 Å². The van der Waals surface area contributed by atoms with Crippen molar-refractivity contribution in [3.63, 3.8) is 0 Å². The molecule has 0 bridgehead atoms. The normalized spacial score (nSPS) is 12.1. The van der Waals surface area contributed by atoms with Gasteiger partial charge in [-0.2, -0.15) is 0 Å². The summed E-state index contributed by atoms with van der Waals surface area (Å²) in [6.07, 6.45) is 0. The Hall–Kier alpha value is -0.640. The molecule has 2 N–H and O–H groups in total. The highest BCUT2D eigenvalue weighted by Gasteiger charge is 2.19. The van der Waals surface area contributed by atoms with Gasteiger partial charge in [-0.25, -0.2) is 4.98 Å². The lowest BCUT2D eigenvalue weighted by Crippen LogP contribution is -2.38. The topological polar surface area (TPSA) is 42.2 Å². The number of aromatic nitrogens is 1. The Morgan fingerprint density at radius 2 is 2.12 bits per heavy atom. The van der Waals surface area contributed by atoms with E-state index in [1.54, 1.807) is 6.07 Å². The van der Waals surface area contributed by atoms with E-state index in [0.717, 1.165) is 25.3 Å². The number of halogens is 1. The van der Waals surface area contributed by atoms with Crippen LogP contribution in [0.2, 0.25) is 5.15 Å². The van der Waals surface area contributed by atoms with E-state index in [0.29, 0.717) is 11.7 Å². The molecule has 96 valence electrons. The number of nitrogens with two attached hydrogens (primary N) is 1. The molecular weight excluding hydrogens is 234 g/mol. The summed E-state index contributed by atoms with van der Waals surface area (Å²) in [5.74, 6) is 0. The quantitative estimate of drug-likeness (QED) is 0.795. The number of nitrogens with zero attached hydrogens (tertiary/aromatic N) is 2. The lowest BCUT2D eigenvalue weighted by atomic mass is 9.93. The Labute approximate surface area is 109 Å². The van der Waals surface area contributed by atoms with E-state index in [9.17, 15) is 0 Å². The van der Waals surface area contributed by atoms with Crippen LogP contribution in [0, 0.1) is 5.41 Å². The van der Waals surface area contributed by atoms with E-state index in [-0.39, 0.29) is 5.41 Å². The monoisotopic (exact) mass is 255 g/mol. The van der Waals surface area contributed by atoms with E-state index < -0.39 is 0 Å². The van der Waals surface area contributed by atoms with Gasteiger partial charge < -0.3 is 5.73 Å². The third-order valence-electron chi connectivity index (χ3n) is 2.81. The second-order valence-electron chi connectivity index (χ2n) is 5.12. The van der Waals surface area contributed by atoms with Gasteiger partial charge in [0.05, 0.1) is 5.69 Å². The van der Waals surface area contributed by atoms with E-state index >= 15 is 0 Å². The average Bonchev–Trinajstić information content (AvgIpc) is 2.28. The Morgan fingerprint density at radius 3 is 2.65 bits per heavy atom. The van der Waals surface area contributed by atoms with Crippen LogP contribution in [0.15, 0.2) is 18.2 Å². The molecule has 0 aliphatic carbocycles. The highest BCUT2D eigenvalue weighted by molar-refractivity contribution is 6.29. The zero-order chi connectivity index (χ0) is 12.9. The Kier molecular flexibility index (Phi) is 5.37. The Morgan fingerprint density at radius 1 is 1.41 bits per heavy atom. The van der Waals surface area contributed by atoms with Crippen LogP contribution in [-0.4, -0.2) is 29.5 Å². The molecule has 0 amide bonds. The van der Waals surface area contributed by atoms with E-state index in [1.165, 1.54) is 0 Å². The van der Waals surface area contributed by atoms with Crippen molar-refractivity contribution in [3.05, 3.63) is 29.0 Å². The maximum absolute atomic E-state index is 5.88. The van der Waals surface area contributed by atoms with Gasteiger partial charge in [0, 0.05) is 13.1 Å². The van der Waals surface area contributed by atoms with Gasteiger partial charge in [0.1, 0.15) is 5.15 Å². The third-order valence-corrected chi connectivity index (χ3v) is 3.02. The highest BCUT2D eigenvalue weighted by Crippen LogP contribution is 2.16. The molecule has 0 saturated carbocycles. The molecule has 1 heterocycles. The molecule has 0 saturated heterocycles. The van der Waals surface area contributed by atoms with Gasteiger partial charge in [-0.05, 0) is 30.6 Å². The van der Waals surface area contributed by atoms with Crippen LogP contribution < -0.4 is 5.73 Å². The van der Waals surface area contributed by atoms with Crippen LogP contribution in [-0.2, 0) is 6.54 Å². The first-order valence-electron chi connectivity index (χ1n) is 6.00. The molecule has 3 nitrogen and oxygen atoms in total. The number of hydrogen-bond acceptors (Lipinski definition) is 3. The van der Waals surface area contributed by atoms with Gasteiger partial charge in [0.25, 0.3) is 0 Å². The molecule has 0 aromatic carbocycles. The Bertz CT molecular complexity index is 352. The number of hydrogen-bond donors (Lipinski definition) is 1. The van der Waals surface area contributed by atoms with Crippen molar-refractivity contribution < 1.29 is 0 Å². The standard InChI is InChI=1S/C13H22ClN3/c1-4-17(10-13(2,3)9-15)8-11-6-5-7-12(14)16-11/h5-7H,4,8-10,15H2,1-3H3. The lowest BCUT2D eigenvalue weighted by molar-refractivity contribution is 0.182. The summed E-state index contributed by atoms with van der Waals surface area (Å²) in [7, 11) is 0. The maximum Gasteiger partial charge on any atom is 0.129 e. The average molecular weight is 256 g/mol. The lowest BCUT2D eigenvalue weighted by Gasteiger charge is -2.30. The maximum atomic E-state index is 5.88. The smallest absolute Gasteiger partial charge is 0.129 e. The minimum atomic E-state index is 0.134. The van der Waals surface area contributed by atoms with Crippen LogP contribution in [0.5, 0.6) is 0 Å². The molecule has 0 fully saturated rings. The van der Waals surface area contributed by atoms with Crippen molar-refractivity contribution in [1.29, 1.82) is 0 Å². The largest absolute Gasteiger partial charge is 0.330 e. The minimum Gasteiger partial charge on any atom is -0.330 e. The summed E-state index contributed by atoms with van der Waals surface area (Å²) in [6.45, 7) is 9.97. The Balaban J connectivity index is 2.64.